The zero-order valence-corrected chi connectivity index (χ0v) is 13.7. The number of hydrogen-bond acceptors (Lipinski definition) is 7. The maximum Gasteiger partial charge on any atom is 0.316 e. The van der Waals surface area contributed by atoms with E-state index in [9.17, 15) is 0 Å². The van der Waals surface area contributed by atoms with Gasteiger partial charge in [0, 0.05) is 12.7 Å². The number of methoxy groups -OCH3 is 1. The summed E-state index contributed by atoms with van der Waals surface area (Å²) in [6, 6.07) is 0.379. The third-order valence-corrected chi connectivity index (χ3v) is 3.84. The zero-order valence-electron chi connectivity index (χ0n) is 13.7. The molecule has 1 fully saturated rings. The predicted octanol–water partition coefficient (Wildman–Crippen LogP) is 1.94. The van der Waals surface area contributed by atoms with E-state index in [-0.39, 0.29) is 6.10 Å². The molecule has 3 heterocycles. The fourth-order valence-corrected chi connectivity index (χ4v) is 2.67. The maximum absolute atomic E-state index is 5.91. The molecule has 1 saturated heterocycles. The zero-order chi connectivity index (χ0) is 16.2. The molecule has 1 aliphatic heterocycles. The lowest BCUT2D eigenvalue weighted by molar-refractivity contribution is 0.163. The number of ether oxygens (including phenoxy) is 2. The minimum atomic E-state index is 0.0406. The molecule has 0 N–H and O–H groups in total. The number of anilines is 1. The largest absolute Gasteiger partial charge is 0.494 e. The molecule has 0 aliphatic carbocycles. The van der Waals surface area contributed by atoms with E-state index in [1.165, 1.54) is 0 Å². The fraction of sp³-hybridized carbons (Fsp3) is 0.500. The van der Waals surface area contributed by atoms with Crippen LogP contribution >= 0.6 is 0 Å². The minimum absolute atomic E-state index is 0.0406. The topological polar surface area (TPSA) is 73.3 Å². The van der Waals surface area contributed by atoms with Gasteiger partial charge in [-0.25, -0.2) is 4.98 Å². The molecule has 3 rings (SSSR count). The third-order valence-electron chi connectivity index (χ3n) is 3.84. The van der Waals surface area contributed by atoms with E-state index in [2.05, 4.69) is 24.8 Å². The van der Waals surface area contributed by atoms with E-state index in [4.69, 9.17) is 9.47 Å². The van der Waals surface area contributed by atoms with Crippen LogP contribution in [-0.4, -0.2) is 46.2 Å². The number of rotatable bonds is 4. The molecule has 1 aliphatic rings. The molecule has 0 radical (unpaired) electrons. The van der Waals surface area contributed by atoms with Crippen molar-refractivity contribution in [3.8, 4) is 11.8 Å². The molecule has 122 valence electrons. The van der Waals surface area contributed by atoms with Crippen molar-refractivity contribution >= 4 is 5.82 Å². The van der Waals surface area contributed by atoms with Crippen molar-refractivity contribution in [2.24, 2.45) is 0 Å². The van der Waals surface area contributed by atoms with Crippen LogP contribution in [0.4, 0.5) is 5.82 Å². The van der Waals surface area contributed by atoms with Crippen LogP contribution in [-0.2, 0) is 0 Å². The Balaban J connectivity index is 1.69. The molecule has 2 aromatic heterocycles. The molecule has 7 nitrogen and oxygen atoms in total. The van der Waals surface area contributed by atoms with Crippen LogP contribution in [0.5, 0.6) is 11.8 Å². The third kappa shape index (κ3) is 3.67. The van der Waals surface area contributed by atoms with Crippen LogP contribution < -0.4 is 14.4 Å². The number of aryl methyl sites for hydroxylation is 2. The first-order chi connectivity index (χ1) is 11.2. The molecule has 0 aromatic carbocycles. The van der Waals surface area contributed by atoms with Crippen LogP contribution in [0.25, 0.3) is 0 Å². The van der Waals surface area contributed by atoms with E-state index in [1.54, 1.807) is 25.7 Å². The summed E-state index contributed by atoms with van der Waals surface area (Å²) in [5, 5.41) is 0. The molecule has 23 heavy (non-hydrogen) atoms. The normalized spacial score (nSPS) is 17.9. The summed E-state index contributed by atoms with van der Waals surface area (Å²) < 4.78 is 11.0. The van der Waals surface area contributed by atoms with Gasteiger partial charge in [-0.2, -0.15) is 9.97 Å². The molecule has 1 unspecified atom stereocenters. The fourth-order valence-electron chi connectivity index (χ4n) is 2.67. The lowest BCUT2D eigenvalue weighted by Crippen LogP contribution is -2.42. The van der Waals surface area contributed by atoms with Crippen molar-refractivity contribution in [1.82, 2.24) is 19.9 Å². The van der Waals surface area contributed by atoms with Gasteiger partial charge in [0.05, 0.1) is 37.4 Å². The van der Waals surface area contributed by atoms with Crippen LogP contribution in [0, 0.1) is 13.8 Å². The average Bonchev–Trinajstić information content (AvgIpc) is 2.58. The van der Waals surface area contributed by atoms with E-state index in [0.29, 0.717) is 11.8 Å². The summed E-state index contributed by atoms with van der Waals surface area (Å²) in [6.07, 6.45) is 7.07. The number of aromatic nitrogens is 4. The monoisotopic (exact) mass is 315 g/mol. The quantitative estimate of drug-likeness (QED) is 0.853. The highest BCUT2D eigenvalue weighted by Gasteiger charge is 2.24. The van der Waals surface area contributed by atoms with Gasteiger partial charge < -0.3 is 14.4 Å². The molecule has 2 aromatic rings. The summed E-state index contributed by atoms with van der Waals surface area (Å²) in [5.74, 6) is 1.56. The van der Waals surface area contributed by atoms with Crippen molar-refractivity contribution in [2.75, 3.05) is 25.1 Å². The van der Waals surface area contributed by atoms with Gasteiger partial charge in [0.2, 0.25) is 0 Å². The molecule has 0 spiro atoms. The van der Waals surface area contributed by atoms with Gasteiger partial charge in [0.25, 0.3) is 0 Å². The van der Waals surface area contributed by atoms with Gasteiger partial charge in [0.1, 0.15) is 11.9 Å². The second-order valence-corrected chi connectivity index (χ2v) is 5.65. The standard InChI is InChI=1S/C16H21N5O2/c1-11-7-17-12(2)15(20-11)21-6-4-5-13(10-21)23-16-18-8-14(22-3)9-19-16/h7-9,13H,4-6,10H2,1-3H3. The number of hydrogen-bond donors (Lipinski definition) is 0. The van der Waals surface area contributed by atoms with Crippen molar-refractivity contribution in [1.29, 1.82) is 0 Å². The summed E-state index contributed by atoms with van der Waals surface area (Å²) in [7, 11) is 1.59. The van der Waals surface area contributed by atoms with E-state index in [1.807, 2.05) is 13.8 Å². The van der Waals surface area contributed by atoms with Crippen molar-refractivity contribution < 1.29 is 9.47 Å². The first kappa shape index (κ1) is 15.5. The summed E-state index contributed by atoms with van der Waals surface area (Å²) in [4.78, 5) is 19.6. The van der Waals surface area contributed by atoms with Crippen molar-refractivity contribution in [2.45, 2.75) is 32.8 Å². The highest BCUT2D eigenvalue weighted by Crippen LogP contribution is 2.22. The van der Waals surface area contributed by atoms with Gasteiger partial charge in [-0.05, 0) is 26.7 Å². The average molecular weight is 315 g/mol. The van der Waals surface area contributed by atoms with E-state index < -0.39 is 0 Å². The summed E-state index contributed by atoms with van der Waals surface area (Å²) >= 11 is 0. The molecule has 1 atom stereocenters. The molecule has 0 saturated carbocycles. The summed E-state index contributed by atoms with van der Waals surface area (Å²) in [6.45, 7) is 5.66. The Bertz CT molecular complexity index is 662. The van der Waals surface area contributed by atoms with Crippen LogP contribution in [0.1, 0.15) is 24.2 Å². The number of nitrogens with zero attached hydrogens (tertiary/aromatic N) is 5. The second-order valence-electron chi connectivity index (χ2n) is 5.65. The van der Waals surface area contributed by atoms with Crippen LogP contribution in [0.2, 0.25) is 0 Å². The maximum atomic E-state index is 5.91. The highest BCUT2D eigenvalue weighted by molar-refractivity contribution is 5.43. The Morgan fingerprint density at radius 3 is 2.65 bits per heavy atom. The van der Waals surface area contributed by atoms with Crippen LogP contribution in [0.15, 0.2) is 18.6 Å². The number of piperidine rings is 1. The smallest absolute Gasteiger partial charge is 0.316 e. The molecular weight excluding hydrogens is 294 g/mol. The Labute approximate surface area is 135 Å². The Hall–Kier alpha value is -2.44. The SMILES string of the molecule is COc1cnc(OC2CCCN(c3nc(C)cnc3C)C2)nc1. The van der Waals surface area contributed by atoms with Crippen molar-refractivity contribution in [3.05, 3.63) is 30.0 Å². The van der Waals surface area contributed by atoms with Gasteiger partial charge >= 0.3 is 6.01 Å². The van der Waals surface area contributed by atoms with E-state index in [0.717, 1.165) is 43.1 Å². The van der Waals surface area contributed by atoms with Gasteiger partial charge in [-0.15, -0.1) is 0 Å². The van der Waals surface area contributed by atoms with Gasteiger partial charge in [-0.1, -0.05) is 0 Å². The molecule has 0 bridgehead atoms. The van der Waals surface area contributed by atoms with E-state index >= 15 is 0 Å². The Morgan fingerprint density at radius 1 is 1.13 bits per heavy atom. The second kappa shape index (κ2) is 6.76. The predicted molar refractivity (Wildman–Crippen MR) is 86.0 cm³/mol. The van der Waals surface area contributed by atoms with Gasteiger partial charge in [-0.3, -0.25) is 4.98 Å². The summed E-state index contributed by atoms with van der Waals surface area (Å²) in [5.41, 5.74) is 1.86. The van der Waals surface area contributed by atoms with Crippen LogP contribution in [0.3, 0.4) is 0 Å². The Morgan fingerprint density at radius 2 is 1.91 bits per heavy atom. The molecule has 7 heteroatoms. The lowest BCUT2D eigenvalue weighted by atomic mass is 10.1. The lowest BCUT2D eigenvalue weighted by Gasteiger charge is -2.33. The van der Waals surface area contributed by atoms with Gasteiger partial charge in [0.15, 0.2) is 5.75 Å². The highest BCUT2D eigenvalue weighted by atomic mass is 16.5. The minimum Gasteiger partial charge on any atom is -0.494 e. The molecular formula is C16H21N5O2. The first-order valence-corrected chi connectivity index (χ1v) is 7.73. The first-order valence-electron chi connectivity index (χ1n) is 7.73. The molecule has 0 amide bonds. The van der Waals surface area contributed by atoms with Crippen molar-refractivity contribution in [3.63, 3.8) is 0 Å². The Kier molecular flexibility index (Phi) is 4.55.